The van der Waals surface area contributed by atoms with Crippen LogP contribution in [0.3, 0.4) is 0 Å². The van der Waals surface area contributed by atoms with Crippen LogP contribution in [-0.2, 0) is 10.0 Å². The highest BCUT2D eigenvalue weighted by molar-refractivity contribution is 7.89. The number of hydrogen-bond donors (Lipinski definition) is 1. The van der Waals surface area contributed by atoms with Crippen molar-refractivity contribution in [2.24, 2.45) is 0 Å². The van der Waals surface area contributed by atoms with Gasteiger partial charge in [0.25, 0.3) is 0 Å². The molecule has 31 heavy (non-hydrogen) atoms. The monoisotopic (exact) mass is 444 g/mol. The zero-order valence-corrected chi connectivity index (χ0v) is 18.5. The Labute approximate surface area is 183 Å². The average Bonchev–Trinajstić information content (AvgIpc) is 2.74. The van der Waals surface area contributed by atoms with Gasteiger partial charge in [-0.3, -0.25) is 4.90 Å². The van der Waals surface area contributed by atoms with Gasteiger partial charge in [-0.1, -0.05) is 36.4 Å². The molecule has 0 unspecified atom stereocenters. The molecule has 2 aliphatic rings. The first-order valence-corrected chi connectivity index (χ1v) is 12.2. The molecule has 0 aliphatic carbocycles. The maximum absolute atomic E-state index is 13.3. The van der Waals surface area contributed by atoms with E-state index in [0.717, 1.165) is 30.5 Å². The van der Waals surface area contributed by atoms with E-state index in [0.29, 0.717) is 13.1 Å². The highest BCUT2D eigenvalue weighted by Crippen LogP contribution is 2.42. The Bertz CT molecular complexity index is 1020. The number of halogens is 1. The van der Waals surface area contributed by atoms with E-state index in [2.05, 4.69) is 29.2 Å². The van der Waals surface area contributed by atoms with Crippen molar-refractivity contribution in [2.75, 3.05) is 26.2 Å². The second-order valence-corrected chi connectivity index (χ2v) is 10.2. The van der Waals surface area contributed by atoms with E-state index in [4.69, 9.17) is 0 Å². The summed E-state index contributed by atoms with van der Waals surface area (Å²) in [5, 5.41) is 10.1. The molecule has 2 aromatic rings. The molecule has 0 aromatic heterocycles. The fraction of sp³-hybridized carbons (Fsp3) is 0.417. The number of nitrogens with zero attached hydrogens (tertiary/aromatic N) is 2. The lowest BCUT2D eigenvalue weighted by Crippen LogP contribution is -2.67. The molecule has 5 nitrogen and oxygen atoms in total. The van der Waals surface area contributed by atoms with E-state index in [1.165, 1.54) is 28.6 Å². The van der Waals surface area contributed by atoms with E-state index in [9.17, 15) is 17.9 Å². The summed E-state index contributed by atoms with van der Waals surface area (Å²) in [5.74, 6) is -0.391. The van der Waals surface area contributed by atoms with Gasteiger partial charge in [0.15, 0.2) is 0 Å². The second-order valence-electron chi connectivity index (χ2n) is 8.27. The quantitative estimate of drug-likeness (QED) is 0.767. The Balaban J connectivity index is 1.62. The van der Waals surface area contributed by atoms with E-state index >= 15 is 0 Å². The predicted octanol–water partition coefficient (Wildman–Crippen LogP) is 3.47. The van der Waals surface area contributed by atoms with Crippen LogP contribution in [0, 0.1) is 5.82 Å². The molecule has 0 saturated carbocycles. The molecular formula is C24H29FN2O3S. The summed E-state index contributed by atoms with van der Waals surface area (Å²) in [4.78, 5) is 2.36. The third-order valence-corrected chi connectivity index (χ3v) is 8.34. The molecule has 3 atom stereocenters. The fourth-order valence-corrected chi connectivity index (χ4v) is 6.40. The first-order chi connectivity index (χ1) is 15.0. The molecule has 0 amide bonds. The van der Waals surface area contributed by atoms with Crippen LogP contribution < -0.4 is 0 Å². The first kappa shape index (κ1) is 22.1. The van der Waals surface area contributed by atoms with Crippen LogP contribution in [0.1, 0.15) is 36.8 Å². The van der Waals surface area contributed by atoms with E-state index < -0.39 is 15.8 Å². The Morgan fingerprint density at radius 1 is 1.06 bits per heavy atom. The van der Waals surface area contributed by atoms with Crippen LogP contribution >= 0.6 is 0 Å². The Hall–Kier alpha value is -2.06. The van der Waals surface area contributed by atoms with Crippen molar-refractivity contribution in [3.05, 3.63) is 71.6 Å². The first-order valence-electron chi connectivity index (χ1n) is 10.8. The second kappa shape index (κ2) is 9.20. The van der Waals surface area contributed by atoms with E-state index in [1.54, 1.807) is 0 Å². The molecule has 0 radical (unpaired) electrons. The zero-order chi connectivity index (χ0) is 22.0. The van der Waals surface area contributed by atoms with Crippen molar-refractivity contribution >= 4 is 16.1 Å². The maximum Gasteiger partial charge on any atom is 0.243 e. The Morgan fingerprint density at radius 3 is 2.39 bits per heavy atom. The molecule has 2 fully saturated rings. The highest BCUT2D eigenvalue weighted by Gasteiger charge is 2.50. The number of sulfonamides is 1. The molecule has 2 aliphatic heterocycles. The smallest absolute Gasteiger partial charge is 0.243 e. The summed E-state index contributed by atoms with van der Waals surface area (Å²) in [6.07, 6.45) is 5.65. The summed E-state index contributed by atoms with van der Waals surface area (Å²) in [7, 11) is -3.72. The normalized spacial score (nSPS) is 25.6. The lowest BCUT2D eigenvalue weighted by Gasteiger charge is -2.57. The third-order valence-electron chi connectivity index (χ3n) is 6.46. The van der Waals surface area contributed by atoms with Gasteiger partial charge in [-0.15, -0.1) is 0 Å². The molecule has 2 aromatic carbocycles. The topological polar surface area (TPSA) is 60.9 Å². The van der Waals surface area contributed by atoms with Gasteiger partial charge >= 0.3 is 0 Å². The number of rotatable bonds is 5. The summed E-state index contributed by atoms with van der Waals surface area (Å²) < 4.78 is 41.4. The van der Waals surface area contributed by atoms with Gasteiger partial charge in [-0.25, -0.2) is 12.8 Å². The van der Waals surface area contributed by atoms with Crippen LogP contribution in [-0.4, -0.2) is 61.1 Å². The minimum Gasteiger partial charge on any atom is -0.395 e. The number of fused-ring (bicyclic) bond motifs is 1. The lowest BCUT2D eigenvalue weighted by atomic mass is 9.74. The van der Waals surface area contributed by atoms with Crippen molar-refractivity contribution in [2.45, 2.75) is 42.7 Å². The van der Waals surface area contributed by atoms with Gasteiger partial charge in [0.2, 0.25) is 10.0 Å². The lowest BCUT2D eigenvalue weighted by molar-refractivity contribution is -0.0553. The summed E-state index contributed by atoms with van der Waals surface area (Å²) in [6, 6.07) is 13.3. The predicted molar refractivity (Wildman–Crippen MR) is 120 cm³/mol. The Morgan fingerprint density at radius 2 is 1.74 bits per heavy atom. The third kappa shape index (κ3) is 4.32. The number of benzene rings is 2. The van der Waals surface area contributed by atoms with Crippen LogP contribution in [0.2, 0.25) is 0 Å². The van der Waals surface area contributed by atoms with Gasteiger partial charge in [-0.2, -0.15) is 4.31 Å². The Kier molecular flexibility index (Phi) is 6.57. The average molecular weight is 445 g/mol. The fourth-order valence-electron chi connectivity index (χ4n) is 4.90. The number of hydrogen-bond acceptors (Lipinski definition) is 4. The van der Waals surface area contributed by atoms with Crippen molar-refractivity contribution < 1.29 is 17.9 Å². The number of aliphatic hydroxyl groups excluding tert-OH is 1. The summed E-state index contributed by atoms with van der Waals surface area (Å²) in [5.41, 5.74) is 2.23. The molecule has 0 bridgehead atoms. The highest BCUT2D eigenvalue weighted by atomic mass is 32.2. The summed E-state index contributed by atoms with van der Waals surface area (Å²) in [6.45, 7) is 3.68. The van der Waals surface area contributed by atoms with Crippen LogP contribution in [0.5, 0.6) is 0 Å². The largest absolute Gasteiger partial charge is 0.395 e. The van der Waals surface area contributed by atoms with Gasteiger partial charge in [-0.05, 0) is 61.7 Å². The molecule has 0 spiro atoms. The van der Waals surface area contributed by atoms with Crippen molar-refractivity contribution in [3.8, 4) is 0 Å². The molecule has 7 heteroatoms. The molecule has 1 N–H and O–H groups in total. The SMILES string of the molecule is C/C=C/c1ccc([C@H]2[C@H](CO)N3CCCCN(S(=O)(=O)c4ccc(F)cc4)C[C@@H]23)cc1. The minimum atomic E-state index is -3.72. The van der Waals surface area contributed by atoms with Crippen LogP contribution in [0.25, 0.3) is 6.08 Å². The number of allylic oxidation sites excluding steroid dienone is 1. The van der Waals surface area contributed by atoms with Crippen LogP contribution in [0.4, 0.5) is 4.39 Å². The van der Waals surface area contributed by atoms with Crippen molar-refractivity contribution in [1.29, 1.82) is 0 Å². The van der Waals surface area contributed by atoms with E-state index in [1.807, 2.05) is 19.1 Å². The minimum absolute atomic E-state index is 0.000223. The van der Waals surface area contributed by atoms with Gasteiger partial charge in [0, 0.05) is 31.1 Å². The molecular weight excluding hydrogens is 415 g/mol. The number of aliphatic hydroxyl groups is 1. The van der Waals surface area contributed by atoms with Gasteiger partial charge < -0.3 is 5.11 Å². The molecule has 4 rings (SSSR count). The van der Waals surface area contributed by atoms with Gasteiger partial charge in [0.05, 0.1) is 11.5 Å². The van der Waals surface area contributed by atoms with Gasteiger partial charge in [0.1, 0.15) is 5.82 Å². The van der Waals surface area contributed by atoms with E-state index in [-0.39, 0.29) is 29.5 Å². The summed E-state index contributed by atoms with van der Waals surface area (Å²) >= 11 is 0. The zero-order valence-electron chi connectivity index (χ0n) is 17.7. The maximum atomic E-state index is 13.3. The van der Waals surface area contributed by atoms with Crippen LogP contribution in [0.15, 0.2) is 59.5 Å². The molecule has 166 valence electrons. The molecule has 2 saturated heterocycles. The standard InChI is InChI=1S/C24H29FN2O3S/c1-2-5-18-6-8-19(9-7-18)24-22-16-26(14-3-4-15-27(22)23(24)17-28)31(29,30)21-12-10-20(25)11-13-21/h2,5-13,22-24,28H,3-4,14-17H2,1H3/b5-2+/t22-,23-,24+/m0/s1. The van der Waals surface area contributed by atoms with Crippen molar-refractivity contribution in [1.82, 2.24) is 9.21 Å². The van der Waals surface area contributed by atoms with Crippen molar-refractivity contribution in [3.63, 3.8) is 0 Å². The molecule has 2 heterocycles.